The molecule has 4 rings (SSSR count). The van der Waals surface area contributed by atoms with Crippen LogP contribution in [-0.4, -0.2) is 343 Å². The van der Waals surface area contributed by atoms with Gasteiger partial charge in [0.1, 0.15) is 30.5 Å². The van der Waals surface area contributed by atoms with Crippen LogP contribution in [0.1, 0.15) is 143 Å². The van der Waals surface area contributed by atoms with Crippen molar-refractivity contribution in [3.05, 3.63) is 71.5 Å². The maximum absolute atomic E-state index is 15.0. The number of amides is 6. The number of ketones is 2. The molecule has 6 amide bonds. The molecule has 37 heteroatoms. The van der Waals surface area contributed by atoms with Crippen LogP contribution in [0.15, 0.2) is 60.4 Å². The lowest BCUT2D eigenvalue weighted by molar-refractivity contribution is -0.172. The molecular formula is C90H147N7O30. The summed E-state index contributed by atoms with van der Waals surface area (Å²) in [5, 5.41) is 50.1. The zero-order valence-electron chi connectivity index (χ0n) is 76.7. The molecule has 2 heterocycles. The highest BCUT2D eigenvalue weighted by molar-refractivity contribution is 5.94. The second kappa shape index (κ2) is 64.9. The molecule has 2 aliphatic rings. The van der Waals surface area contributed by atoms with Crippen LogP contribution in [0.2, 0.25) is 0 Å². The van der Waals surface area contributed by atoms with Gasteiger partial charge in [0.15, 0.2) is 11.9 Å². The highest BCUT2D eigenvalue weighted by atomic mass is 16.7. The zero-order valence-corrected chi connectivity index (χ0v) is 76.7. The summed E-state index contributed by atoms with van der Waals surface area (Å²) in [6.45, 7) is 24.5. The number of aliphatic hydroxyl groups excluding tert-OH is 3. The second-order valence-electron chi connectivity index (χ2n) is 32.3. The summed E-state index contributed by atoms with van der Waals surface area (Å²) in [7, 11) is 6.11. The third kappa shape index (κ3) is 42.8. The van der Waals surface area contributed by atoms with Crippen molar-refractivity contribution < 1.29 is 144 Å². The van der Waals surface area contributed by atoms with Gasteiger partial charge in [0, 0.05) is 97.4 Å². The van der Waals surface area contributed by atoms with Gasteiger partial charge in [-0.05, 0) is 85.1 Å². The van der Waals surface area contributed by atoms with E-state index in [0.717, 1.165) is 17.3 Å². The number of unbranched alkanes of at least 4 members (excludes halogenated alkanes) is 1. The summed E-state index contributed by atoms with van der Waals surface area (Å²) < 4.78 is 88.4. The van der Waals surface area contributed by atoms with E-state index in [1.807, 2.05) is 45.9 Å². The summed E-state index contributed by atoms with van der Waals surface area (Å²) in [5.74, 6) is -9.20. The van der Waals surface area contributed by atoms with Gasteiger partial charge in [-0.25, -0.2) is 9.59 Å². The molecule has 722 valence electrons. The number of carbonyl (C=O) groups is 10. The summed E-state index contributed by atoms with van der Waals surface area (Å²) in [6.07, 6.45) is -4.07. The fourth-order valence-corrected chi connectivity index (χ4v) is 14.5. The third-order valence-corrected chi connectivity index (χ3v) is 22.0. The van der Waals surface area contributed by atoms with Crippen LogP contribution in [0.5, 0.6) is 5.75 Å². The van der Waals surface area contributed by atoms with Gasteiger partial charge in [0.05, 0.1) is 194 Å². The average molecular weight is 1810 g/mol. The highest BCUT2D eigenvalue weighted by Crippen LogP contribution is 2.36. The lowest BCUT2D eigenvalue weighted by Crippen LogP contribution is -2.54. The predicted octanol–water partition coefficient (Wildman–Crippen LogP) is 5.26. The number of nitrogens with zero attached hydrogens (tertiary/aromatic N) is 3. The first-order chi connectivity index (χ1) is 61.0. The van der Waals surface area contributed by atoms with Crippen LogP contribution in [0.3, 0.4) is 0 Å². The second-order valence-corrected chi connectivity index (χ2v) is 32.3. The molecule has 14 atom stereocenters. The largest absolute Gasteiger partial charge is 0.475 e. The number of carboxylic acid groups (broad SMARTS) is 1. The Labute approximate surface area is 748 Å². The monoisotopic (exact) mass is 1810 g/mol. The molecule has 0 bridgehead atoms. The van der Waals surface area contributed by atoms with Gasteiger partial charge in [0.2, 0.25) is 35.3 Å². The van der Waals surface area contributed by atoms with E-state index >= 15 is 0 Å². The van der Waals surface area contributed by atoms with Crippen LogP contribution in [0, 0.1) is 41.4 Å². The van der Waals surface area contributed by atoms with Gasteiger partial charge < -0.3 is 137 Å². The number of aldehydes is 1. The van der Waals surface area contributed by atoms with Gasteiger partial charge in [-0.3, -0.25) is 33.6 Å². The van der Waals surface area contributed by atoms with Crippen molar-refractivity contribution in [2.45, 2.75) is 187 Å². The van der Waals surface area contributed by atoms with Crippen molar-refractivity contribution in [3.63, 3.8) is 0 Å². The molecule has 0 aliphatic carbocycles. The first-order valence-electron chi connectivity index (χ1n) is 44.4. The van der Waals surface area contributed by atoms with Crippen molar-refractivity contribution in [2.75, 3.05) is 205 Å². The summed E-state index contributed by atoms with van der Waals surface area (Å²) in [6, 6.07) is 9.87. The molecule has 9 N–H and O–H groups in total. The molecular weight excluding hydrogens is 1660 g/mol. The lowest BCUT2D eigenvalue weighted by atomic mass is 9.80. The normalized spacial score (nSPS) is 17.6. The first-order valence-corrected chi connectivity index (χ1v) is 44.4. The number of aliphatic carboxylic acids is 1. The van der Waals surface area contributed by atoms with E-state index in [9.17, 15) is 68.4 Å². The molecule has 2 aromatic rings. The van der Waals surface area contributed by atoms with Crippen molar-refractivity contribution in [3.8, 4) is 5.75 Å². The number of benzene rings is 2. The van der Waals surface area contributed by atoms with Crippen molar-refractivity contribution in [2.24, 2.45) is 47.2 Å². The Morgan fingerprint density at radius 3 is 1.65 bits per heavy atom. The fraction of sp³-hybridized carbons (Fsp3) is 0.733. The molecule has 2 aliphatic heterocycles. The van der Waals surface area contributed by atoms with Crippen LogP contribution in [-0.2, 0) is 121 Å². The number of aliphatic hydroxyl groups is 3. The Kier molecular flexibility index (Phi) is 57.0. The summed E-state index contributed by atoms with van der Waals surface area (Å²) >= 11 is 0. The number of methoxy groups -OCH3 is 2. The van der Waals surface area contributed by atoms with Crippen LogP contribution >= 0.6 is 0 Å². The van der Waals surface area contributed by atoms with Crippen molar-refractivity contribution >= 4 is 65.1 Å². The summed E-state index contributed by atoms with van der Waals surface area (Å²) in [4.78, 5) is 140. The molecule has 2 aromatic carbocycles. The Morgan fingerprint density at radius 1 is 0.622 bits per heavy atom. The summed E-state index contributed by atoms with van der Waals surface area (Å²) in [5.41, 5.74) is 7.04. The average Bonchev–Trinajstić information content (AvgIpc) is 1.78. The number of carboxylic acids is 1. The number of nitrogens with two attached hydrogens (primary N) is 1. The first kappa shape index (κ1) is 112. The minimum Gasteiger partial charge on any atom is -0.475 e. The molecule has 37 nitrogen and oxygen atoms in total. The number of Topliss-reactive ketones (excluding diaryl/α,β-unsaturated/α-hetero) is 2. The number of hydrogen-bond acceptors (Lipinski definition) is 30. The van der Waals surface area contributed by atoms with Gasteiger partial charge in [-0.1, -0.05) is 98.2 Å². The molecule has 0 saturated carbocycles. The Bertz CT molecular complexity index is 3510. The van der Waals surface area contributed by atoms with Gasteiger partial charge in [-0.15, -0.1) is 0 Å². The van der Waals surface area contributed by atoms with Gasteiger partial charge in [0.25, 0.3) is 6.29 Å². The van der Waals surface area contributed by atoms with E-state index in [-0.39, 0.29) is 105 Å². The smallest absolute Gasteiger partial charge is 0.410 e. The predicted molar refractivity (Wildman–Crippen MR) is 466 cm³/mol. The SMILES string of the molecule is CC[C@H](C)[C@@H]([C@@H](CC(=O)N1CCC[C@H]1[C@H](C=O)[C@@H](C)C(=O)C[C@H](C)[C@@H](O)c1ccccc1)OC)N(C)C(=O)[C@@H](CC(=O)[C@H](C(C)C)N(C)C(=O)OCc1ccc(O[C@@H]2OC(C(=O)O)=C[C@H](O)[C@H]2O)c(NC(=O)CCNC(=O)[C@@H](N)CCCCNC(=O)CCOCCOCCOCCOCCOCCOCCOCCOCCOCCOCCOCCOC)c1)C(C)C. The molecule has 127 heavy (non-hydrogen) atoms. The number of rotatable bonds is 73. The molecule has 0 spiro atoms. The van der Waals surface area contributed by atoms with Gasteiger partial charge in [-0.2, -0.15) is 0 Å². The standard InChI is InChI=1S/C90H147N7O30/c1-13-63(6)83(77(113-12)58-81(104)97-30-19-23-72(97)69(59-98)65(8)73(99)54-64(7)84(105)67-20-15-14-16-21-67)95(9)87(108)68(61(2)3)56-74(100)82(62(4)5)96(10)90(111)125-60-66-24-25-76(126-89-85(106)75(101)57-78(127-89)88(109)110)71(55-66)94-80(103)26-29-93-86(107)70(91)22-17-18-28-92-79(102)27-31-114-34-35-116-38-39-118-42-43-120-46-47-122-50-51-124-53-52-123-49-48-121-45-44-119-41-40-117-37-36-115-33-32-112-11/h14-16,20-21,24-25,55,57,59,61-65,68-70,72,75,77,82-85,89,101,105-106H,13,17-19,22-23,26-54,56,58,60,91H2,1-12H3,(H,92,102)(H,93,107)(H,94,103)(H,109,110)/t63-,64-,65+,68-,69+,70-,72-,75-,77+,82-,83-,84+,85+,89+/m0/s1. The number of carbonyl (C=O) groups excluding carboxylic acids is 9. The van der Waals surface area contributed by atoms with Gasteiger partial charge >= 0.3 is 12.1 Å². The fourth-order valence-electron chi connectivity index (χ4n) is 14.5. The van der Waals surface area contributed by atoms with Crippen LogP contribution in [0.25, 0.3) is 0 Å². The number of likely N-dealkylation sites (N-methyl/N-ethyl adjacent to an activating group) is 2. The molecule has 1 fully saturated rings. The molecule has 1 saturated heterocycles. The van der Waals surface area contributed by atoms with E-state index in [1.54, 1.807) is 63.8 Å². The van der Waals surface area contributed by atoms with E-state index in [4.69, 9.17) is 81.5 Å². The topological polar surface area (TPSA) is 471 Å². The Morgan fingerprint density at radius 2 is 1.16 bits per heavy atom. The number of nitrogens with one attached hydrogen (secondary N) is 3. The maximum Gasteiger partial charge on any atom is 0.410 e. The van der Waals surface area contributed by atoms with Crippen molar-refractivity contribution in [1.29, 1.82) is 0 Å². The quantitative estimate of drug-likeness (QED) is 0.0309. The lowest BCUT2D eigenvalue weighted by Gasteiger charge is -2.41. The number of anilines is 1. The Balaban J connectivity index is 1.16. The number of hydrogen-bond donors (Lipinski definition) is 8. The number of ether oxygens (including phenoxy) is 16. The zero-order chi connectivity index (χ0) is 93.4. The number of likely N-dealkylation sites (tertiary alicyclic amines) is 1. The van der Waals surface area contributed by atoms with E-state index in [1.165, 1.54) is 32.4 Å². The third-order valence-electron chi connectivity index (χ3n) is 22.0. The minimum atomic E-state index is -1.80. The minimum absolute atomic E-state index is 0.0262. The van der Waals surface area contributed by atoms with Crippen molar-refractivity contribution in [1.82, 2.24) is 25.3 Å². The molecule has 0 radical (unpaired) electrons. The van der Waals surface area contributed by atoms with E-state index < -0.39 is 132 Å². The van der Waals surface area contributed by atoms with Crippen LogP contribution in [0.4, 0.5) is 10.5 Å². The Hall–Kier alpha value is -7.80. The maximum atomic E-state index is 15.0. The van der Waals surface area contributed by atoms with Crippen LogP contribution < -0.4 is 26.4 Å². The highest BCUT2D eigenvalue weighted by Gasteiger charge is 2.45. The molecule has 0 unspecified atom stereocenters. The van der Waals surface area contributed by atoms with E-state index in [0.29, 0.717) is 190 Å². The molecule has 0 aromatic heterocycles. The van der Waals surface area contributed by atoms with E-state index in [2.05, 4.69) is 16.0 Å².